The zero-order chi connectivity index (χ0) is 8.91. The van der Waals surface area contributed by atoms with Crippen LogP contribution in [0.1, 0.15) is 6.42 Å². The lowest BCUT2D eigenvalue weighted by Crippen LogP contribution is -2.02. The fourth-order valence-electron chi connectivity index (χ4n) is 0.401. The summed E-state index contributed by atoms with van der Waals surface area (Å²) >= 11 is 0. The Bertz CT molecular complexity index is 250. The van der Waals surface area contributed by atoms with Gasteiger partial charge in [0.25, 0.3) is 10.1 Å². The highest BCUT2D eigenvalue weighted by Crippen LogP contribution is 1.89. The van der Waals surface area contributed by atoms with Gasteiger partial charge in [-0.25, -0.2) is 4.79 Å². The molecule has 0 radical (unpaired) electrons. The molecule has 0 aliphatic heterocycles. The van der Waals surface area contributed by atoms with Gasteiger partial charge < -0.3 is 5.11 Å². The van der Waals surface area contributed by atoms with Crippen LogP contribution in [0.2, 0.25) is 0 Å². The number of carboxylic acids is 1. The van der Waals surface area contributed by atoms with E-state index in [1.807, 2.05) is 0 Å². The molecule has 2 N–H and O–H groups in total. The minimum atomic E-state index is -3.97. The number of hydrogen-bond acceptors (Lipinski definition) is 3. The maximum absolute atomic E-state index is 10.1. The van der Waals surface area contributed by atoms with Crippen molar-refractivity contribution >= 4 is 16.1 Å². The van der Waals surface area contributed by atoms with Crippen molar-refractivity contribution in [2.75, 3.05) is 5.75 Å². The van der Waals surface area contributed by atoms with Gasteiger partial charge in [0, 0.05) is 6.08 Å². The Labute approximate surface area is 64.1 Å². The highest BCUT2D eigenvalue weighted by atomic mass is 32.2. The Morgan fingerprint density at radius 2 is 2.00 bits per heavy atom. The van der Waals surface area contributed by atoms with Crippen molar-refractivity contribution in [1.82, 2.24) is 0 Å². The lowest BCUT2D eigenvalue weighted by atomic mass is 10.4. The number of carbonyl (C=O) groups is 1. The second kappa shape index (κ2) is 4.09. The van der Waals surface area contributed by atoms with Gasteiger partial charge in [0.05, 0.1) is 5.75 Å². The fourth-order valence-corrected chi connectivity index (χ4v) is 0.835. The molecule has 0 spiro atoms. The van der Waals surface area contributed by atoms with Crippen LogP contribution in [0.25, 0.3) is 0 Å². The lowest BCUT2D eigenvalue weighted by molar-refractivity contribution is -0.131. The Morgan fingerprint density at radius 1 is 1.45 bits per heavy atom. The molecular formula is C5H8O5S. The molecular weight excluding hydrogens is 172 g/mol. The second-order valence-electron chi connectivity index (χ2n) is 1.82. The maximum Gasteiger partial charge on any atom is 0.327 e. The third kappa shape index (κ3) is 9.12. The van der Waals surface area contributed by atoms with Crippen LogP contribution in [0.3, 0.4) is 0 Å². The Morgan fingerprint density at radius 3 is 2.36 bits per heavy atom. The monoisotopic (exact) mass is 180 g/mol. The molecule has 0 fully saturated rings. The van der Waals surface area contributed by atoms with Gasteiger partial charge in [0.15, 0.2) is 0 Å². The van der Waals surface area contributed by atoms with Gasteiger partial charge in [-0.05, 0) is 6.42 Å². The minimum Gasteiger partial charge on any atom is -0.478 e. The average Bonchev–Trinajstić information content (AvgIpc) is 1.78. The van der Waals surface area contributed by atoms with E-state index in [4.69, 9.17) is 9.66 Å². The SMILES string of the molecule is O=C(O)C=CCCS(=O)(=O)O. The molecule has 0 rings (SSSR count). The molecule has 0 aliphatic carbocycles. The van der Waals surface area contributed by atoms with Gasteiger partial charge in [0.2, 0.25) is 0 Å². The van der Waals surface area contributed by atoms with E-state index in [1.54, 1.807) is 0 Å². The highest BCUT2D eigenvalue weighted by molar-refractivity contribution is 7.85. The zero-order valence-electron chi connectivity index (χ0n) is 5.60. The van der Waals surface area contributed by atoms with Crippen LogP contribution in [0.4, 0.5) is 0 Å². The smallest absolute Gasteiger partial charge is 0.327 e. The first-order chi connectivity index (χ1) is 4.92. The molecule has 0 aromatic rings. The number of rotatable bonds is 4. The van der Waals surface area contributed by atoms with Crippen LogP contribution in [-0.2, 0) is 14.9 Å². The number of hydrogen-bond donors (Lipinski definition) is 2. The van der Waals surface area contributed by atoms with Crippen LogP contribution in [0.15, 0.2) is 12.2 Å². The van der Waals surface area contributed by atoms with E-state index in [0.717, 1.165) is 12.2 Å². The first-order valence-electron chi connectivity index (χ1n) is 2.76. The molecule has 0 amide bonds. The third-order valence-electron chi connectivity index (χ3n) is 0.803. The highest BCUT2D eigenvalue weighted by Gasteiger charge is 2.00. The van der Waals surface area contributed by atoms with E-state index < -0.39 is 21.8 Å². The number of carboxylic acid groups (broad SMARTS) is 1. The molecule has 0 aromatic carbocycles. The van der Waals surface area contributed by atoms with E-state index in [-0.39, 0.29) is 6.42 Å². The predicted molar refractivity (Wildman–Crippen MR) is 37.8 cm³/mol. The van der Waals surface area contributed by atoms with Crippen molar-refractivity contribution in [3.05, 3.63) is 12.2 Å². The number of aliphatic carboxylic acids is 1. The van der Waals surface area contributed by atoms with Crippen LogP contribution in [-0.4, -0.2) is 29.8 Å². The summed E-state index contributed by atoms with van der Waals surface area (Å²) < 4.78 is 28.3. The molecule has 0 bridgehead atoms. The summed E-state index contributed by atoms with van der Waals surface area (Å²) in [4.78, 5) is 9.83. The summed E-state index contributed by atoms with van der Waals surface area (Å²) in [6.07, 6.45) is 1.99. The molecule has 0 atom stereocenters. The van der Waals surface area contributed by atoms with Gasteiger partial charge >= 0.3 is 5.97 Å². The summed E-state index contributed by atoms with van der Waals surface area (Å²) in [5.41, 5.74) is 0. The van der Waals surface area contributed by atoms with Gasteiger partial charge in [-0.1, -0.05) is 6.08 Å². The molecule has 0 unspecified atom stereocenters. The summed E-state index contributed by atoms with van der Waals surface area (Å²) in [5.74, 6) is -1.59. The van der Waals surface area contributed by atoms with Gasteiger partial charge in [-0.15, -0.1) is 0 Å². The molecule has 0 heterocycles. The lowest BCUT2D eigenvalue weighted by Gasteiger charge is -1.88. The third-order valence-corrected chi connectivity index (χ3v) is 1.55. The van der Waals surface area contributed by atoms with Gasteiger partial charge in [-0.3, -0.25) is 4.55 Å². The van der Waals surface area contributed by atoms with E-state index in [2.05, 4.69) is 0 Å². The largest absolute Gasteiger partial charge is 0.478 e. The molecule has 11 heavy (non-hydrogen) atoms. The topological polar surface area (TPSA) is 91.7 Å². The molecule has 64 valence electrons. The first kappa shape index (κ1) is 10.1. The van der Waals surface area contributed by atoms with Crippen LogP contribution in [0, 0.1) is 0 Å². The second-order valence-corrected chi connectivity index (χ2v) is 3.39. The first-order valence-corrected chi connectivity index (χ1v) is 4.37. The van der Waals surface area contributed by atoms with Crippen molar-refractivity contribution in [2.45, 2.75) is 6.42 Å². The molecule has 6 heteroatoms. The molecule has 0 saturated carbocycles. The summed E-state index contributed by atoms with van der Waals surface area (Å²) in [7, 11) is -3.97. The van der Waals surface area contributed by atoms with Gasteiger partial charge in [0.1, 0.15) is 0 Å². The van der Waals surface area contributed by atoms with Crippen molar-refractivity contribution in [2.24, 2.45) is 0 Å². The standard InChI is InChI=1S/C5H8O5S/c6-5(7)3-1-2-4-11(8,9)10/h1,3H,2,4H2,(H,6,7)(H,8,9,10). The van der Waals surface area contributed by atoms with Crippen LogP contribution < -0.4 is 0 Å². The van der Waals surface area contributed by atoms with E-state index in [1.165, 1.54) is 0 Å². The number of allylic oxidation sites excluding steroid dienone is 1. The van der Waals surface area contributed by atoms with Crippen molar-refractivity contribution in [3.63, 3.8) is 0 Å². The van der Waals surface area contributed by atoms with Crippen molar-refractivity contribution in [1.29, 1.82) is 0 Å². The van der Waals surface area contributed by atoms with Crippen LogP contribution in [0.5, 0.6) is 0 Å². The molecule has 0 aliphatic rings. The van der Waals surface area contributed by atoms with E-state index >= 15 is 0 Å². The van der Waals surface area contributed by atoms with E-state index in [0.29, 0.717) is 0 Å². The minimum absolute atomic E-state index is 0.00509. The molecule has 0 aromatic heterocycles. The Kier molecular flexibility index (Phi) is 3.77. The molecule has 0 saturated heterocycles. The quantitative estimate of drug-likeness (QED) is 0.465. The molecule has 5 nitrogen and oxygen atoms in total. The summed E-state index contributed by atoms with van der Waals surface area (Å²) in [6.45, 7) is 0. The van der Waals surface area contributed by atoms with Crippen LogP contribution >= 0.6 is 0 Å². The normalized spacial score (nSPS) is 12.1. The van der Waals surface area contributed by atoms with Crippen molar-refractivity contribution < 1.29 is 22.9 Å². The van der Waals surface area contributed by atoms with Gasteiger partial charge in [-0.2, -0.15) is 8.42 Å². The summed E-state index contributed by atoms with van der Waals surface area (Å²) in [6, 6.07) is 0. The summed E-state index contributed by atoms with van der Waals surface area (Å²) in [5, 5.41) is 8.04. The predicted octanol–water partition coefficient (Wildman–Crippen LogP) is -0.0949. The zero-order valence-corrected chi connectivity index (χ0v) is 6.41. The Balaban J connectivity index is 3.68. The average molecular weight is 180 g/mol. The Hall–Kier alpha value is -0.880. The fraction of sp³-hybridized carbons (Fsp3) is 0.400. The van der Waals surface area contributed by atoms with Crippen molar-refractivity contribution in [3.8, 4) is 0 Å². The maximum atomic E-state index is 10.1. The van der Waals surface area contributed by atoms with E-state index in [9.17, 15) is 13.2 Å².